The van der Waals surface area contributed by atoms with Crippen LogP contribution in [0.5, 0.6) is 5.88 Å². The van der Waals surface area contributed by atoms with Gasteiger partial charge in [0.25, 0.3) is 11.8 Å². The molecule has 3 rings (SSSR count). The van der Waals surface area contributed by atoms with E-state index in [1.807, 2.05) is 39.0 Å². The highest BCUT2D eigenvalue weighted by Crippen LogP contribution is 2.20. The topological polar surface area (TPSA) is 77.7 Å². The van der Waals surface area contributed by atoms with E-state index >= 15 is 0 Å². The summed E-state index contributed by atoms with van der Waals surface area (Å²) in [5.74, 6) is 1.04. The van der Waals surface area contributed by atoms with Crippen molar-refractivity contribution in [1.82, 2.24) is 15.0 Å². The number of aromatic hydroxyl groups is 1. The van der Waals surface area contributed by atoms with E-state index in [1.54, 1.807) is 10.6 Å². The minimum absolute atomic E-state index is 0.0526. The fourth-order valence-electron chi connectivity index (χ4n) is 2.34. The maximum Gasteiger partial charge on any atom is 0.370 e. The summed E-state index contributed by atoms with van der Waals surface area (Å²) in [5, 5.41) is 13.9. The van der Waals surface area contributed by atoms with Gasteiger partial charge in [-0.25, -0.2) is 20.3 Å². The van der Waals surface area contributed by atoms with Gasteiger partial charge in [0, 0.05) is 16.4 Å². The molecule has 6 nitrogen and oxygen atoms in total. The molecule has 2 aromatic heterocycles. The van der Waals surface area contributed by atoms with Crippen LogP contribution in [0.1, 0.15) is 17.0 Å². The van der Waals surface area contributed by atoms with E-state index in [2.05, 4.69) is 20.3 Å². The number of nitrogens with one attached hydrogen (secondary N) is 2. The number of nitrogens with zero attached hydrogens (tertiary/aromatic N) is 3. The summed E-state index contributed by atoms with van der Waals surface area (Å²) in [7, 11) is 0. The van der Waals surface area contributed by atoms with Crippen LogP contribution in [0.4, 0.5) is 11.9 Å². The van der Waals surface area contributed by atoms with Gasteiger partial charge >= 0.3 is 5.95 Å². The SMILES string of the molecule is Cc1cc(C)nc(Nc2[nH]cc(O)[n+]2-c2ccc(C)c(Cl)c2)n1. The maximum atomic E-state index is 10.1. The molecule has 23 heavy (non-hydrogen) atoms. The van der Waals surface area contributed by atoms with Gasteiger partial charge in [0.15, 0.2) is 0 Å². The number of benzene rings is 1. The Balaban J connectivity index is 2.03. The zero-order valence-corrected chi connectivity index (χ0v) is 13.8. The number of H-pyrrole nitrogens is 1. The molecule has 2 heterocycles. The van der Waals surface area contributed by atoms with Crippen molar-refractivity contribution >= 4 is 23.5 Å². The minimum atomic E-state index is 0.0526. The van der Waals surface area contributed by atoms with Crippen LogP contribution < -0.4 is 9.88 Å². The molecule has 1 aromatic carbocycles. The number of hydrogen-bond acceptors (Lipinski definition) is 4. The van der Waals surface area contributed by atoms with Crippen molar-refractivity contribution in [1.29, 1.82) is 0 Å². The highest BCUT2D eigenvalue weighted by Gasteiger charge is 2.20. The summed E-state index contributed by atoms with van der Waals surface area (Å²) in [6, 6.07) is 7.46. The van der Waals surface area contributed by atoms with Gasteiger partial charge in [-0.05, 0) is 44.5 Å². The number of imidazole rings is 1. The molecule has 3 N–H and O–H groups in total. The molecule has 7 heteroatoms. The Hall–Kier alpha value is -2.60. The Labute approximate surface area is 138 Å². The molecule has 0 spiro atoms. The largest absolute Gasteiger partial charge is 0.481 e. The molecule has 118 valence electrons. The highest BCUT2D eigenvalue weighted by molar-refractivity contribution is 6.31. The molecular weight excluding hydrogens is 314 g/mol. The summed E-state index contributed by atoms with van der Waals surface area (Å²) < 4.78 is 1.60. The third kappa shape index (κ3) is 3.12. The smallest absolute Gasteiger partial charge is 0.370 e. The van der Waals surface area contributed by atoms with E-state index in [-0.39, 0.29) is 5.88 Å². The number of rotatable bonds is 3. The predicted molar refractivity (Wildman–Crippen MR) is 88.5 cm³/mol. The highest BCUT2D eigenvalue weighted by atomic mass is 35.5. The van der Waals surface area contributed by atoms with E-state index in [9.17, 15) is 5.11 Å². The lowest BCUT2D eigenvalue weighted by molar-refractivity contribution is -0.587. The molecule has 0 aliphatic rings. The van der Waals surface area contributed by atoms with Crippen molar-refractivity contribution in [3.8, 4) is 11.6 Å². The molecule has 0 amide bonds. The second-order valence-corrected chi connectivity index (χ2v) is 5.77. The molecule has 0 fully saturated rings. The first-order chi connectivity index (χ1) is 10.9. The fraction of sp³-hybridized carbons (Fsp3) is 0.188. The van der Waals surface area contributed by atoms with E-state index < -0.39 is 0 Å². The van der Waals surface area contributed by atoms with E-state index in [1.165, 1.54) is 6.20 Å². The van der Waals surface area contributed by atoms with Gasteiger partial charge in [-0.15, -0.1) is 0 Å². The van der Waals surface area contributed by atoms with Crippen LogP contribution in [0.3, 0.4) is 0 Å². The predicted octanol–water partition coefficient (Wildman–Crippen LogP) is 3.11. The van der Waals surface area contributed by atoms with Crippen LogP contribution in [-0.4, -0.2) is 20.1 Å². The van der Waals surface area contributed by atoms with Crippen LogP contribution in [0.25, 0.3) is 5.69 Å². The lowest BCUT2D eigenvalue weighted by atomic mass is 10.2. The molecule has 0 unspecified atom stereocenters. The van der Waals surface area contributed by atoms with Crippen LogP contribution in [-0.2, 0) is 0 Å². The Morgan fingerprint density at radius 2 is 1.83 bits per heavy atom. The van der Waals surface area contributed by atoms with E-state index in [0.717, 1.165) is 22.6 Å². The molecule has 0 aliphatic carbocycles. The summed E-state index contributed by atoms with van der Waals surface area (Å²) >= 11 is 6.19. The van der Waals surface area contributed by atoms with Gasteiger partial charge < -0.3 is 5.11 Å². The average Bonchev–Trinajstić information content (AvgIpc) is 2.82. The normalized spacial score (nSPS) is 10.8. The first-order valence-corrected chi connectivity index (χ1v) is 7.50. The zero-order chi connectivity index (χ0) is 16.6. The molecular formula is C16H17ClN5O+. The summed E-state index contributed by atoms with van der Waals surface area (Å²) in [4.78, 5) is 11.7. The molecule has 0 bridgehead atoms. The first-order valence-electron chi connectivity index (χ1n) is 7.12. The average molecular weight is 331 g/mol. The molecule has 3 aromatic rings. The van der Waals surface area contributed by atoms with Crippen molar-refractivity contribution in [3.05, 3.63) is 52.4 Å². The van der Waals surface area contributed by atoms with Crippen molar-refractivity contribution in [2.24, 2.45) is 0 Å². The van der Waals surface area contributed by atoms with Gasteiger partial charge in [0.05, 0.1) is 0 Å². The summed E-state index contributed by atoms with van der Waals surface area (Å²) in [6.07, 6.45) is 1.48. The number of halogens is 1. The molecule has 0 atom stereocenters. The third-order valence-corrected chi connectivity index (χ3v) is 3.82. The van der Waals surface area contributed by atoms with Crippen molar-refractivity contribution < 1.29 is 9.67 Å². The van der Waals surface area contributed by atoms with E-state index in [0.29, 0.717) is 16.9 Å². The Bertz CT molecular complexity index is 855. The number of hydrogen-bond donors (Lipinski definition) is 3. The van der Waals surface area contributed by atoms with Crippen LogP contribution in [0.15, 0.2) is 30.5 Å². The number of aromatic amines is 1. The standard InChI is InChI=1S/C16H16ClN5O/c1-9-4-5-12(7-13(9)17)22-14(23)8-18-16(22)21-15-19-10(2)6-11(3)20-15/h4-8H,1-3H3,(H2,18,19,20,21,23)/p+1. The zero-order valence-electron chi connectivity index (χ0n) is 13.1. The second kappa shape index (κ2) is 5.89. The summed E-state index contributed by atoms with van der Waals surface area (Å²) in [6.45, 7) is 5.73. The molecule has 0 saturated carbocycles. The molecule has 0 saturated heterocycles. The van der Waals surface area contributed by atoms with Gasteiger partial charge in [-0.2, -0.15) is 4.57 Å². The number of aromatic nitrogens is 4. The minimum Gasteiger partial charge on any atom is -0.481 e. The van der Waals surface area contributed by atoms with Crippen LogP contribution in [0, 0.1) is 20.8 Å². The second-order valence-electron chi connectivity index (χ2n) is 5.36. The van der Waals surface area contributed by atoms with Crippen molar-refractivity contribution in [2.75, 3.05) is 5.32 Å². The maximum absolute atomic E-state index is 10.1. The lowest BCUT2D eigenvalue weighted by Gasteiger charge is -2.06. The number of anilines is 2. The third-order valence-electron chi connectivity index (χ3n) is 3.42. The quantitative estimate of drug-likeness (QED) is 0.645. The monoisotopic (exact) mass is 330 g/mol. The lowest BCUT2D eigenvalue weighted by Crippen LogP contribution is -2.32. The fourth-order valence-corrected chi connectivity index (χ4v) is 2.51. The van der Waals surface area contributed by atoms with Crippen LogP contribution >= 0.6 is 11.6 Å². The Morgan fingerprint density at radius 3 is 2.48 bits per heavy atom. The van der Waals surface area contributed by atoms with Crippen LogP contribution in [0.2, 0.25) is 5.02 Å². The molecule has 0 aliphatic heterocycles. The van der Waals surface area contributed by atoms with Gasteiger partial charge in [-0.1, -0.05) is 17.7 Å². The number of aryl methyl sites for hydroxylation is 3. The molecule has 0 radical (unpaired) electrons. The van der Waals surface area contributed by atoms with Gasteiger partial charge in [-0.3, -0.25) is 0 Å². The van der Waals surface area contributed by atoms with Crippen molar-refractivity contribution in [2.45, 2.75) is 20.8 Å². The Morgan fingerprint density at radius 1 is 1.13 bits per heavy atom. The van der Waals surface area contributed by atoms with Gasteiger partial charge in [0.1, 0.15) is 11.9 Å². The Kier molecular flexibility index (Phi) is 3.92. The summed E-state index contributed by atoms with van der Waals surface area (Å²) in [5.41, 5.74) is 3.42. The van der Waals surface area contributed by atoms with E-state index in [4.69, 9.17) is 11.6 Å². The van der Waals surface area contributed by atoms with Gasteiger partial charge in [0.2, 0.25) is 0 Å². The van der Waals surface area contributed by atoms with Crippen molar-refractivity contribution in [3.63, 3.8) is 0 Å². The first kappa shape index (κ1) is 15.3.